The minimum atomic E-state index is -0.00126. The van der Waals surface area contributed by atoms with Crippen LogP contribution in [0.2, 0.25) is 0 Å². The lowest BCUT2D eigenvalue weighted by molar-refractivity contribution is -0.117. The lowest BCUT2D eigenvalue weighted by Crippen LogP contribution is -2.44. The number of aryl methyl sites for hydroxylation is 1. The molecular formula is C22H28N8O2. The monoisotopic (exact) mass is 436 g/mol. The van der Waals surface area contributed by atoms with Gasteiger partial charge in [-0.3, -0.25) is 15.1 Å². The Morgan fingerprint density at radius 2 is 2.12 bits per heavy atom. The van der Waals surface area contributed by atoms with E-state index in [4.69, 9.17) is 20.9 Å². The van der Waals surface area contributed by atoms with Crippen molar-refractivity contribution in [2.45, 2.75) is 38.7 Å². The lowest BCUT2D eigenvalue weighted by Gasteiger charge is -2.34. The number of nitrogens with zero attached hydrogens (tertiary/aromatic N) is 5. The van der Waals surface area contributed by atoms with Crippen LogP contribution in [0.4, 0.5) is 11.6 Å². The zero-order valence-electron chi connectivity index (χ0n) is 18.3. The number of aliphatic imine (C=N–C) groups is 1. The molecule has 2 aromatic rings. The summed E-state index contributed by atoms with van der Waals surface area (Å²) >= 11 is 0. The van der Waals surface area contributed by atoms with E-state index in [0.717, 1.165) is 37.6 Å². The molecule has 0 spiro atoms. The van der Waals surface area contributed by atoms with Crippen LogP contribution in [0.5, 0.6) is 0 Å². The summed E-state index contributed by atoms with van der Waals surface area (Å²) in [5.74, 6) is 1.76. The van der Waals surface area contributed by atoms with E-state index in [1.165, 1.54) is 0 Å². The molecule has 10 heteroatoms. The number of anilines is 2. The van der Waals surface area contributed by atoms with Gasteiger partial charge in [-0.1, -0.05) is 0 Å². The van der Waals surface area contributed by atoms with Gasteiger partial charge in [-0.15, -0.1) is 0 Å². The first-order valence-corrected chi connectivity index (χ1v) is 10.7. The molecule has 1 fully saturated rings. The standard InChI is InChI=1S/C22H28N8O2/c1-13-16(7-8-17(28-13)20(24)27-12-23)18-9-25-21-22(29-18)30(19(31)10-26-21)11-14-3-5-15(32-2)6-4-14/h7-9,12,14-15H,3-6,10-11H2,1-2H3,(H,25,26)(H3,23,24,27). The van der Waals surface area contributed by atoms with Crippen molar-refractivity contribution in [1.82, 2.24) is 15.0 Å². The van der Waals surface area contributed by atoms with Crippen LogP contribution in [0.1, 0.15) is 37.1 Å². The van der Waals surface area contributed by atoms with Crippen molar-refractivity contribution >= 4 is 29.7 Å². The highest BCUT2D eigenvalue weighted by Crippen LogP contribution is 2.33. The van der Waals surface area contributed by atoms with Gasteiger partial charge in [-0.25, -0.2) is 19.9 Å². The van der Waals surface area contributed by atoms with Crippen LogP contribution in [0.3, 0.4) is 0 Å². The van der Waals surface area contributed by atoms with Crippen LogP contribution >= 0.6 is 0 Å². The fraction of sp³-hybridized carbons (Fsp3) is 0.455. The normalized spacial score (nSPS) is 21.1. The van der Waals surface area contributed by atoms with Gasteiger partial charge in [0.25, 0.3) is 0 Å². The summed E-state index contributed by atoms with van der Waals surface area (Å²) in [6.45, 7) is 2.71. The van der Waals surface area contributed by atoms with Gasteiger partial charge < -0.3 is 15.8 Å². The summed E-state index contributed by atoms with van der Waals surface area (Å²) in [4.78, 5) is 32.1. The Hall–Kier alpha value is -3.40. The lowest BCUT2D eigenvalue weighted by atomic mass is 9.87. The third-order valence-electron chi connectivity index (χ3n) is 6.11. The topological polar surface area (TPSA) is 142 Å². The molecule has 2 aromatic heterocycles. The Morgan fingerprint density at radius 3 is 2.81 bits per heavy atom. The molecule has 2 aliphatic rings. The Labute approximate surface area is 186 Å². The average Bonchev–Trinajstić information content (AvgIpc) is 2.81. The molecule has 1 amide bonds. The minimum absolute atomic E-state index is 0.00126. The van der Waals surface area contributed by atoms with Gasteiger partial charge in [-0.2, -0.15) is 0 Å². The number of hydrogen-bond acceptors (Lipinski definition) is 7. The van der Waals surface area contributed by atoms with E-state index in [-0.39, 0.29) is 18.3 Å². The molecule has 1 saturated carbocycles. The Bertz CT molecular complexity index is 1050. The molecule has 3 heterocycles. The Balaban J connectivity index is 1.61. The van der Waals surface area contributed by atoms with Gasteiger partial charge in [0, 0.05) is 24.9 Å². The summed E-state index contributed by atoms with van der Waals surface area (Å²) < 4.78 is 5.47. The molecule has 4 N–H and O–H groups in total. The Kier molecular flexibility index (Phi) is 6.40. The number of aromatic nitrogens is 3. The molecule has 1 aliphatic carbocycles. The van der Waals surface area contributed by atoms with Gasteiger partial charge in [0.15, 0.2) is 17.5 Å². The second-order valence-corrected chi connectivity index (χ2v) is 8.14. The van der Waals surface area contributed by atoms with Crippen LogP contribution < -0.4 is 16.0 Å². The first-order valence-electron chi connectivity index (χ1n) is 10.7. The number of nitrogens with one attached hydrogen (secondary N) is 2. The number of amidine groups is 1. The van der Waals surface area contributed by atoms with E-state index in [0.29, 0.717) is 47.3 Å². The van der Waals surface area contributed by atoms with E-state index in [1.54, 1.807) is 24.3 Å². The van der Waals surface area contributed by atoms with Crippen LogP contribution in [0, 0.1) is 18.3 Å². The molecule has 0 atom stereocenters. The van der Waals surface area contributed by atoms with Gasteiger partial charge in [-0.05, 0) is 50.7 Å². The van der Waals surface area contributed by atoms with Crippen molar-refractivity contribution in [2.75, 3.05) is 30.4 Å². The number of ether oxygens (including phenoxy) is 1. The minimum Gasteiger partial charge on any atom is -0.382 e. The molecule has 0 aromatic carbocycles. The molecule has 10 nitrogen and oxygen atoms in total. The average molecular weight is 437 g/mol. The van der Waals surface area contributed by atoms with E-state index < -0.39 is 0 Å². The van der Waals surface area contributed by atoms with Crippen molar-refractivity contribution in [3.8, 4) is 11.3 Å². The predicted octanol–water partition coefficient (Wildman–Crippen LogP) is 2.12. The van der Waals surface area contributed by atoms with Gasteiger partial charge in [0.1, 0.15) is 12.0 Å². The van der Waals surface area contributed by atoms with Crippen molar-refractivity contribution < 1.29 is 9.53 Å². The van der Waals surface area contributed by atoms with Crippen molar-refractivity contribution in [1.29, 1.82) is 5.41 Å². The number of pyridine rings is 1. The molecule has 0 bridgehead atoms. The number of carbonyl (C=O) groups excluding carboxylic acids is 1. The highest BCUT2D eigenvalue weighted by atomic mass is 16.5. The fourth-order valence-electron chi connectivity index (χ4n) is 4.30. The first kappa shape index (κ1) is 21.8. The van der Waals surface area contributed by atoms with Gasteiger partial charge in [0.2, 0.25) is 5.91 Å². The molecule has 0 unspecified atom stereocenters. The van der Waals surface area contributed by atoms with Crippen molar-refractivity contribution in [2.24, 2.45) is 16.6 Å². The summed E-state index contributed by atoms with van der Waals surface area (Å²) in [7, 11) is 1.76. The molecule has 32 heavy (non-hydrogen) atoms. The Morgan fingerprint density at radius 1 is 1.34 bits per heavy atom. The van der Waals surface area contributed by atoms with E-state index >= 15 is 0 Å². The summed E-state index contributed by atoms with van der Waals surface area (Å²) in [5, 5.41) is 10.1. The van der Waals surface area contributed by atoms with E-state index in [1.807, 2.05) is 13.0 Å². The van der Waals surface area contributed by atoms with E-state index in [9.17, 15) is 4.79 Å². The number of methoxy groups -OCH3 is 1. The SMILES string of the molecule is COC1CCC(CN2C(=O)CNc3ncc(-c4ccc(C(N)=NC=N)nc4C)nc32)CC1. The number of hydrogen-bond donors (Lipinski definition) is 3. The van der Waals surface area contributed by atoms with Gasteiger partial charge in [0.05, 0.1) is 24.5 Å². The molecular weight excluding hydrogens is 408 g/mol. The van der Waals surface area contributed by atoms with E-state index in [2.05, 4.69) is 20.3 Å². The molecule has 4 rings (SSSR count). The van der Waals surface area contributed by atoms with Crippen LogP contribution in [-0.4, -0.2) is 59.3 Å². The number of rotatable bonds is 6. The first-order chi connectivity index (χ1) is 15.5. The highest BCUT2D eigenvalue weighted by molar-refractivity contribution is 6.01. The number of amides is 1. The summed E-state index contributed by atoms with van der Waals surface area (Å²) in [6.07, 6.45) is 6.98. The maximum Gasteiger partial charge on any atom is 0.247 e. The number of carbonyl (C=O) groups is 1. The fourth-order valence-corrected chi connectivity index (χ4v) is 4.30. The molecule has 1 aliphatic heterocycles. The highest BCUT2D eigenvalue weighted by Gasteiger charge is 2.31. The number of nitrogens with two attached hydrogens (primary N) is 1. The smallest absolute Gasteiger partial charge is 0.247 e. The quantitative estimate of drug-likeness (QED) is 0.465. The third kappa shape index (κ3) is 4.45. The van der Waals surface area contributed by atoms with Crippen LogP contribution in [0.15, 0.2) is 23.3 Å². The van der Waals surface area contributed by atoms with Crippen LogP contribution in [-0.2, 0) is 9.53 Å². The largest absolute Gasteiger partial charge is 0.382 e. The third-order valence-corrected chi connectivity index (χ3v) is 6.11. The molecule has 168 valence electrons. The zero-order valence-corrected chi connectivity index (χ0v) is 18.3. The zero-order chi connectivity index (χ0) is 22.7. The van der Waals surface area contributed by atoms with Gasteiger partial charge >= 0.3 is 0 Å². The second-order valence-electron chi connectivity index (χ2n) is 8.14. The summed E-state index contributed by atoms with van der Waals surface area (Å²) in [5.41, 5.74) is 8.47. The second kappa shape index (κ2) is 9.39. The maximum atomic E-state index is 12.8. The maximum absolute atomic E-state index is 12.8. The van der Waals surface area contributed by atoms with Crippen molar-refractivity contribution in [3.05, 3.63) is 29.7 Å². The summed E-state index contributed by atoms with van der Waals surface area (Å²) in [6, 6.07) is 3.59. The molecule has 0 saturated heterocycles. The predicted molar refractivity (Wildman–Crippen MR) is 123 cm³/mol. The molecule has 0 radical (unpaired) electrons. The van der Waals surface area contributed by atoms with Crippen LogP contribution in [0.25, 0.3) is 11.3 Å². The van der Waals surface area contributed by atoms with Crippen molar-refractivity contribution in [3.63, 3.8) is 0 Å². The number of fused-ring (bicyclic) bond motifs is 1.